The molecule has 0 spiro atoms. The predicted octanol–water partition coefficient (Wildman–Crippen LogP) is 4.10. The molecule has 4 heterocycles. The number of nitrogens with zero attached hydrogens (tertiary/aromatic N) is 4. The summed E-state index contributed by atoms with van der Waals surface area (Å²) in [5.74, 6) is 1.29. The number of fused-ring (bicyclic) bond motifs is 1. The molecule has 1 aliphatic rings. The van der Waals surface area contributed by atoms with Crippen LogP contribution in [-0.4, -0.2) is 47.0 Å². The molecule has 8 nitrogen and oxygen atoms in total. The molecule has 3 aromatic heterocycles. The van der Waals surface area contributed by atoms with Crippen molar-refractivity contribution in [2.45, 2.75) is 27.3 Å². The van der Waals surface area contributed by atoms with E-state index in [2.05, 4.69) is 35.3 Å². The third-order valence-corrected chi connectivity index (χ3v) is 5.95. The Morgan fingerprint density at radius 1 is 1.15 bits per heavy atom. The first-order chi connectivity index (χ1) is 16.5. The van der Waals surface area contributed by atoms with Crippen molar-refractivity contribution in [1.82, 2.24) is 20.1 Å². The molecule has 5 rings (SSSR count). The van der Waals surface area contributed by atoms with Gasteiger partial charge in [0, 0.05) is 42.9 Å². The largest absolute Gasteiger partial charge is 0.455 e. The highest BCUT2D eigenvalue weighted by Crippen LogP contribution is 2.32. The Labute approximate surface area is 198 Å². The average molecular weight is 460 g/mol. The van der Waals surface area contributed by atoms with E-state index in [0.717, 1.165) is 35.6 Å². The van der Waals surface area contributed by atoms with E-state index in [1.165, 1.54) is 5.56 Å². The van der Waals surface area contributed by atoms with Crippen molar-refractivity contribution in [2.75, 3.05) is 31.2 Å². The van der Waals surface area contributed by atoms with Crippen LogP contribution in [0.1, 0.15) is 25.2 Å². The second-order valence-corrected chi connectivity index (χ2v) is 8.91. The van der Waals surface area contributed by atoms with E-state index < -0.39 is 0 Å². The molecule has 1 fully saturated rings. The van der Waals surface area contributed by atoms with E-state index in [1.807, 2.05) is 44.3 Å². The Hall–Kier alpha value is -3.65. The summed E-state index contributed by atoms with van der Waals surface area (Å²) in [7, 11) is 0. The van der Waals surface area contributed by atoms with Crippen LogP contribution in [0.15, 0.2) is 53.1 Å². The van der Waals surface area contributed by atoms with Gasteiger partial charge in [-0.25, -0.2) is 9.67 Å². The van der Waals surface area contributed by atoms with Crippen LogP contribution in [0, 0.1) is 12.8 Å². The molecule has 1 saturated heterocycles. The van der Waals surface area contributed by atoms with E-state index in [-0.39, 0.29) is 11.8 Å². The molecule has 0 bridgehead atoms. The molecule has 1 aromatic carbocycles. The zero-order valence-corrected chi connectivity index (χ0v) is 19.7. The number of benzene rings is 1. The molecule has 0 saturated carbocycles. The number of furan rings is 1. The molecule has 8 heteroatoms. The van der Waals surface area contributed by atoms with Gasteiger partial charge in [0.2, 0.25) is 5.91 Å². The molecule has 34 heavy (non-hydrogen) atoms. The number of aryl methyl sites for hydroxylation is 1. The second-order valence-electron chi connectivity index (χ2n) is 8.91. The molecule has 0 unspecified atom stereocenters. The number of carbonyl (C=O) groups is 1. The van der Waals surface area contributed by atoms with Crippen LogP contribution in [0.5, 0.6) is 0 Å². The van der Waals surface area contributed by atoms with Crippen molar-refractivity contribution >= 4 is 22.7 Å². The first-order valence-electron chi connectivity index (χ1n) is 11.6. The summed E-state index contributed by atoms with van der Waals surface area (Å²) in [6.45, 7) is 9.00. The maximum absolute atomic E-state index is 12.0. The van der Waals surface area contributed by atoms with E-state index in [1.54, 1.807) is 4.68 Å². The van der Waals surface area contributed by atoms with Crippen LogP contribution in [0.2, 0.25) is 0 Å². The molecule has 0 atom stereocenters. The third kappa shape index (κ3) is 4.54. The molecule has 176 valence electrons. The van der Waals surface area contributed by atoms with Crippen LogP contribution >= 0.6 is 0 Å². The summed E-state index contributed by atoms with van der Waals surface area (Å²) in [5.41, 5.74) is 5.56. The van der Waals surface area contributed by atoms with Crippen LogP contribution in [0.3, 0.4) is 0 Å². The van der Waals surface area contributed by atoms with Gasteiger partial charge in [-0.15, -0.1) is 0 Å². The lowest BCUT2D eigenvalue weighted by Gasteiger charge is -2.29. The Morgan fingerprint density at radius 3 is 2.74 bits per heavy atom. The van der Waals surface area contributed by atoms with Crippen molar-refractivity contribution in [3.05, 3.63) is 60.0 Å². The molecule has 1 aliphatic heterocycles. The fourth-order valence-electron chi connectivity index (χ4n) is 4.07. The van der Waals surface area contributed by atoms with Gasteiger partial charge in [-0.3, -0.25) is 4.79 Å². The molecular formula is C26H29N5O3. The average Bonchev–Trinajstić information content (AvgIpc) is 3.49. The van der Waals surface area contributed by atoms with Crippen LogP contribution < -0.4 is 10.2 Å². The van der Waals surface area contributed by atoms with Gasteiger partial charge in [-0.05, 0) is 19.1 Å². The summed E-state index contributed by atoms with van der Waals surface area (Å²) in [5, 5.41) is 7.71. The summed E-state index contributed by atoms with van der Waals surface area (Å²) in [6, 6.07) is 14.2. The van der Waals surface area contributed by atoms with Gasteiger partial charge in [-0.2, -0.15) is 5.10 Å². The summed E-state index contributed by atoms with van der Waals surface area (Å²) < 4.78 is 13.5. The maximum atomic E-state index is 12.0. The number of morpholine rings is 1. The Balaban J connectivity index is 1.52. The second kappa shape index (κ2) is 9.30. The smallest absolute Gasteiger partial charge is 0.222 e. The third-order valence-electron chi connectivity index (χ3n) is 5.95. The lowest BCUT2D eigenvalue weighted by atomic mass is 10.1. The van der Waals surface area contributed by atoms with Crippen molar-refractivity contribution in [3.63, 3.8) is 0 Å². The normalized spacial score (nSPS) is 14.2. The van der Waals surface area contributed by atoms with Gasteiger partial charge in [-0.1, -0.05) is 37.6 Å². The molecular weight excluding hydrogens is 430 g/mol. The fraction of sp³-hybridized carbons (Fsp3) is 0.346. The summed E-state index contributed by atoms with van der Waals surface area (Å²) in [4.78, 5) is 19.1. The minimum absolute atomic E-state index is 0.0114. The SMILES string of the molecule is Cc1cccc(-c2ccn(-c3cc(N4CCOCC4)c4oc(CNC(=O)C(C)C)cc4n3)n2)c1. The maximum Gasteiger partial charge on any atom is 0.222 e. The first-order valence-corrected chi connectivity index (χ1v) is 11.6. The molecule has 1 amide bonds. The summed E-state index contributed by atoms with van der Waals surface area (Å²) in [6.07, 6.45) is 1.93. The zero-order valence-electron chi connectivity index (χ0n) is 19.7. The molecule has 0 radical (unpaired) electrons. The minimum Gasteiger partial charge on any atom is -0.455 e. The Bertz CT molecular complexity index is 1320. The number of hydrogen-bond donors (Lipinski definition) is 1. The highest BCUT2D eigenvalue weighted by atomic mass is 16.5. The van der Waals surface area contributed by atoms with E-state index >= 15 is 0 Å². The number of hydrogen-bond acceptors (Lipinski definition) is 6. The lowest BCUT2D eigenvalue weighted by molar-refractivity contribution is -0.124. The highest BCUT2D eigenvalue weighted by Gasteiger charge is 2.21. The monoisotopic (exact) mass is 459 g/mol. The van der Waals surface area contributed by atoms with Crippen LogP contribution in [0.4, 0.5) is 5.69 Å². The number of nitrogens with one attached hydrogen (secondary N) is 1. The predicted molar refractivity (Wildman–Crippen MR) is 131 cm³/mol. The number of carbonyl (C=O) groups excluding carboxylic acids is 1. The van der Waals surface area contributed by atoms with Gasteiger partial charge in [0.15, 0.2) is 11.4 Å². The quantitative estimate of drug-likeness (QED) is 0.467. The van der Waals surface area contributed by atoms with Crippen molar-refractivity contribution < 1.29 is 13.9 Å². The highest BCUT2D eigenvalue weighted by molar-refractivity contribution is 5.88. The number of rotatable bonds is 6. The minimum atomic E-state index is -0.0829. The van der Waals surface area contributed by atoms with E-state index in [9.17, 15) is 4.79 Å². The van der Waals surface area contributed by atoms with Gasteiger partial charge in [0.1, 0.15) is 11.3 Å². The Kier molecular flexibility index (Phi) is 6.06. The standard InChI is InChI=1S/C26H29N5O3/c1-17(2)26(32)27-16-20-14-22-25(34-20)23(30-9-11-33-12-10-30)15-24(28-22)31-8-7-21(29-31)19-6-4-5-18(3)13-19/h4-8,13-15,17H,9-12,16H2,1-3H3,(H,27,32). The van der Waals surface area contributed by atoms with Crippen molar-refractivity contribution in [3.8, 4) is 17.1 Å². The van der Waals surface area contributed by atoms with E-state index in [4.69, 9.17) is 19.2 Å². The number of aromatic nitrogens is 3. The zero-order chi connectivity index (χ0) is 23.7. The van der Waals surface area contributed by atoms with E-state index in [0.29, 0.717) is 36.9 Å². The topological polar surface area (TPSA) is 85.4 Å². The molecule has 1 N–H and O–H groups in total. The van der Waals surface area contributed by atoms with Gasteiger partial charge in [0.05, 0.1) is 31.1 Å². The Morgan fingerprint density at radius 2 is 1.97 bits per heavy atom. The van der Waals surface area contributed by atoms with Crippen LogP contribution in [-0.2, 0) is 16.1 Å². The number of amides is 1. The molecule has 4 aromatic rings. The van der Waals surface area contributed by atoms with Crippen molar-refractivity contribution in [1.29, 1.82) is 0 Å². The first kappa shape index (κ1) is 22.2. The number of ether oxygens (including phenoxy) is 1. The number of pyridine rings is 1. The van der Waals surface area contributed by atoms with Crippen molar-refractivity contribution in [2.24, 2.45) is 5.92 Å². The van der Waals surface area contributed by atoms with Crippen LogP contribution in [0.25, 0.3) is 28.2 Å². The molecule has 0 aliphatic carbocycles. The number of anilines is 1. The lowest BCUT2D eigenvalue weighted by Crippen LogP contribution is -2.36. The van der Waals surface area contributed by atoms with Gasteiger partial charge < -0.3 is 19.4 Å². The van der Waals surface area contributed by atoms with Gasteiger partial charge >= 0.3 is 0 Å². The van der Waals surface area contributed by atoms with Gasteiger partial charge in [0.25, 0.3) is 0 Å². The fourth-order valence-corrected chi connectivity index (χ4v) is 4.07. The summed E-state index contributed by atoms with van der Waals surface area (Å²) >= 11 is 0.